The molecular weight excluding hydrogens is 220 g/mol. The third-order valence-electron chi connectivity index (χ3n) is 1.76. The summed E-state index contributed by atoms with van der Waals surface area (Å²) in [4.78, 5) is 8.46. The zero-order valence-corrected chi connectivity index (χ0v) is 10.6. The molecule has 1 aromatic heterocycles. The fourth-order valence-corrected chi connectivity index (χ4v) is 1.32. The fourth-order valence-electron chi connectivity index (χ4n) is 1.16. The number of nitrogens with one attached hydrogen (secondary N) is 2. The molecule has 0 amide bonds. The van der Waals surface area contributed by atoms with Gasteiger partial charge in [-0.2, -0.15) is 0 Å². The van der Waals surface area contributed by atoms with Gasteiger partial charge in [0.25, 0.3) is 0 Å². The van der Waals surface area contributed by atoms with E-state index in [2.05, 4.69) is 27.2 Å². The van der Waals surface area contributed by atoms with E-state index < -0.39 is 0 Å². The maximum absolute atomic E-state index is 5.10. The molecule has 0 saturated heterocycles. The van der Waals surface area contributed by atoms with Crippen LogP contribution in [0, 0.1) is 13.8 Å². The Morgan fingerprint density at radius 1 is 1.38 bits per heavy atom. The largest absolute Gasteiger partial charge is 0.359 e. The minimum absolute atomic E-state index is 0.507. The van der Waals surface area contributed by atoms with Gasteiger partial charge in [0.15, 0.2) is 5.11 Å². The van der Waals surface area contributed by atoms with Crippen molar-refractivity contribution >= 4 is 23.3 Å². The van der Waals surface area contributed by atoms with Crippen LogP contribution in [0.4, 0.5) is 5.95 Å². The van der Waals surface area contributed by atoms with E-state index >= 15 is 0 Å². The normalized spacial score (nSPS) is 9.69. The first-order chi connectivity index (χ1) is 7.47. The lowest BCUT2D eigenvalue weighted by atomic mass is 10.3. The number of hydrogen-bond donors (Lipinski definition) is 2. The summed E-state index contributed by atoms with van der Waals surface area (Å²) in [6.45, 7) is 10.2. The zero-order valence-electron chi connectivity index (χ0n) is 9.79. The number of aryl methyl sites for hydroxylation is 2. The second-order valence-corrected chi connectivity index (χ2v) is 4.15. The summed E-state index contributed by atoms with van der Waals surface area (Å²) in [6.07, 6.45) is 0. The van der Waals surface area contributed by atoms with E-state index in [0.29, 0.717) is 17.6 Å². The topological polar surface area (TPSA) is 49.8 Å². The summed E-state index contributed by atoms with van der Waals surface area (Å²) >= 11 is 5.10. The Balaban J connectivity index is 2.59. The molecule has 0 radical (unpaired) electrons. The first-order valence-corrected chi connectivity index (χ1v) is 5.39. The average Bonchev–Trinajstić information content (AvgIpc) is 2.12. The van der Waals surface area contributed by atoms with Crippen LogP contribution < -0.4 is 10.6 Å². The highest BCUT2D eigenvalue weighted by Gasteiger charge is 2.01. The highest BCUT2D eigenvalue weighted by Crippen LogP contribution is 2.03. The third kappa shape index (κ3) is 4.35. The Morgan fingerprint density at radius 3 is 2.44 bits per heavy atom. The summed E-state index contributed by atoms with van der Waals surface area (Å²) in [5.41, 5.74) is 2.85. The van der Waals surface area contributed by atoms with Crippen molar-refractivity contribution < 1.29 is 0 Å². The molecule has 0 atom stereocenters. The number of aromatic nitrogens is 2. The molecule has 0 aliphatic heterocycles. The number of thiocarbonyl (C=S) groups is 1. The van der Waals surface area contributed by atoms with Gasteiger partial charge in [0, 0.05) is 17.9 Å². The second kappa shape index (κ2) is 5.55. The molecule has 0 fully saturated rings. The Hall–Kier alpha value is -1.49. The minimum Gasteiger partial charge on any atom is -0.359 e. The van der Waals surface area contributed by atoms with Crippen molar-refractivity contribution in [1.29, 1.82) is 0 Å². The molecular formula is C11H16N4S. The first-order valence-electron chi connectivity index (χ1n) is 4.99. The van der Waals surface area contributed by atoms with Crippen LogP contribution in [-0.4, -0.2) is 21.6 Å². The van der Waals surface area contributed by atoms with Crippen molar-refractivity contribution in [2.45, 2.75) is 20.8 Å². The van der Waals surface area contributed by atoms with Crippen molar-refractivity contribution in [3.8, 4) is 0 Å². The lowest BCUT2D eigenvalue weighted by Crippen LogP contribution is -2.30. The van der Waals surface area contributed by atoms with Crippen molar-refractivity contribution in [2.75, 3.05) is 11.9 Å². The molecule has 1 rings (SSSR count). The van der Waals surface area contributed by atoms with E-state index in [4.69, 9.17) is 12.2 Å². The summed E-state index contributed by atoms with van der Waals surface area (Å²) in [5.74, 6) is 0.525. The van der Waals surface area contributed by atoms with E-state index in [-0.39, 0.29) is 0 Å². The van der Waals surface area contributed by atoms with Crippen LogP contribution in [0.3, 0.4) is 0 Å². The Bertz CT molecular complexity index is 394. The van der Waals surface area contributed by atoms with Crippen molar-refractivity contribution in [3.05, 3.63) is 29.6 Å². The van der Waals surface area contributed by atoms with Gasteiger partial charge in [-0.1, -0.05) is 12.2 Å². The van der Waals surface area contributed by atoms with E-state index in [0.717, 1.165) is 17.0 Å². The molecule has 16 heavy (non-hydrogen) atoms. The SMILES string of the molecule is C=C(C)CNC(=S)Nc1nc(C)cc(C)n1. The predicted octanol–water partition coefficient (Wildman–Crippen LogP) is 1.96. The highest BCUT2D eigenvalue weighted by atomic mass is 32.1. The fraction of sp³-hybridized carbons (Fsp3) is 0.364. The van der Waals surface area contributed by atoms with Crippen molar-refractivity contribution in [2.24, 2.45) is 0 Å². The number of anilines is 1. The molecule has 0 saturated carbocycles. The molecule has 1 heterocycles. The molecule has 0 aromatic carbocycles. The van der Waals surface area contributed by atoms with Crippen LogP contribution >= 0.6 is 12.2 Å². The molecule has 1 aromatic rings. The van der Waals surface area contributed by atoms with Crippen molar-refractivity contribution in [3.63, 3.8) is 0 Å². The van der Waals surface area contributed by atoms with Crippen LogP contribution in [0.2, 0.25) is 0 Å². The molecule has 0 unspecified atom stereocenters. The molecule has 2 N–H and O–H groups in total. The van der Waals surface area contributed by atoms with Crippen LogP contribution in [0.25, 0.3) is 0 Å². The second-order valence-electron chi connectivity index (χ2n) is 3.74. The number of hydrogen-bond acceptors (Lipinski definition) is 3. The summed E-state index contributed by atoms with van der Waals surface area (Å²) in [5, 5.41) is 6.45. The van der Waals surface area contributed by atoms with E-state index in [1.807, 2.05) is 26.8 Å². The highest BCUT2D eigenvalue weighted by molar-refractivity contribution is 7.80. The molecule has 5 heteroatoms. The Kier molecular flexibility index (Phi) is 4.37. The van der Waals surface area contributed by atoms with E-state index in [1.165, 1.54) is 0 Å². The minimum atomic E-state index is 0.507. The Morgan fingerprint density at radius 2 is 1.94 bits per heavy atom. The van der Waals surface area contributed by atoms with Gasteiger partial charge in [-0.25, -0.2) is 9.97 Å². The van der Waals surface area contributed by atoms with E-state index in [9.17, 15) is 0 Å². The number of nitrogens with zero attached hydrogens (tertiary/aromatic N) is 2. The van der Waals surface area contributed by atoms with Gasteiger partial charge in [0.2, 0.25) is 5.95 Å². The maximum Gasteiger partial charge on any atom is 0.229 e. The van der Waals surface area contributed by atoms with Crippen LogP contribution in [0.5, 0.6) is 0 Å². The smallest absolute Gasteiger partial charge is 0.229 e. The quantitative estimate of drug-likeness (QED) is 0.620. The standard InChI is InChI=1S/C11H16N4S/c1-7(2)6-12-11(16)15-10-13-8(3)5-9(4)14-10/h5H,1,6H2,2-4H3,(H2,12,13,14,15,16). The van der Waals surface area contributed by atoms with Gasteiger partial charge < -0.3 is 10.6 Å². The summed E-state index contributed by atoms with van der Waals surface area (Å²) in [6, 6.07) is 1.91. The lowest BCUT2D eigenvalue weighted by Gasteiger charge is -2.09. The lowest BCUT2D eigenvalue weighted by molar-refractivity contribution is 0.989. The van der Waals surface area contributed by atoms with Crippen LogP contribution in [-0.2, 0) is 0 Å². The van der Waals surface area contributed by atoms with Crippen molar-refractivity contribution in [1.82, 2.24) is 15.3 Å². The molecule has 0 bridgehead atoms. The van der Waals surface area contributed by atoms with Gasteiger partial charge >= 0.3 is 0 Å². The van der Waals surface area contributed by atoms with E-state index in [1.54, 1.807) is 0 Å². The van der Waals surface area contributed by atoms with Gasteiger partial charge in [0.05, 0.1) is 0 Å². The predicted molar refractivity (Wildman–Crippen MR) is 70.5 cm³/mol. The van der Waals surface area contributed by atoms with Gasteiger partial charge in [-0.3, -0.25) is 0 Å². The molecule has 0 spiro atoms. The van der Waals surface area contributed by atoms with Gasteiger partial charge in [-0.05, 0) is 39.1 Å². The average molecular weight is 236 g/mol. The summed E-state index contributed by atoms with van der Waals surface area (Å²) in [7, 11) is 0. The van der Waals surface area contributed by atoms with Crippen LogP contribution in [0.15, 0.2) is 18.2 Å². The van der Waals surface area contributed by atoms with Crippen LogP contribution in [0.1, 0.15) is 18.3 Å². The third-order valence-corrected chi connectivity index (χ3v) is 2.00. The Labute approximate surface area is 101 Å². The molecule has 0 aliphatic carbocycles. The molecule has 0 aliphatic rings. The van der Waals surface area contributed by atoms with Gasteiger partial charge in [0.1, 0.15) is 0 Å². The molecule has 86 valence electrons. The molecule has 4 nitrogen and oxygen atoms in total. The number of rotatable bonds is 3. The maximum atomic E-state index is 5.10. The first kappa shape index (κ1) is 12.6. The monoisotopic (exact) mass is 236 g/mol. The zero-order chi connectivity index (χ0) is 12.1. The van der Waals surface area contributed by atoms with Gasteiger partial charge in [-0.15, -0.1) is 0 Å². The summed E-state index contributed by atoms with van der Waals surface area (Å²) < 4.78 is 0.